The van der Waals surface area contributed by atoms with Crippen molar-refractivity contribution in [1.29, 1.82) is 0 Å². The molecule has 1 fully saturated rings. The highest BCUT2D eigenvalue weighted by atomic mass is 16.5. The van der Waals surface area contributed by atoms with Gasteiger partial charge in [-0.3, -0.25) is 9.59 Å². The Balaban J connectivity index is 2.08. The van der Waals surface area contributed by atoms with Gasteiger partial charge in [-0.1, -0.05) is 19.4 Å². The molecule has 0 spiro atoms. The number of aliphatic hydroxyl groups is 2. The van der Waals surface area contributed by atoms with E-state index in [9.17, 15) is 24.9 Å². The highest BCUT2D eigenvalue weighted by Crippen LogP contribution is 2.34. The van der Waals surface area contributed by atoms with Gasteiger partial charge in [0.2, 0.25) is 5.91 Å². The Hall–Kier alpha value is -2.32. The summed E-state index contributed by atoms with van der Waals surface area (Å²) in [5.41, 5.74) is 1.51. The van der Waals surface area contributed by atoms with Crippen molar-refractivity contribution in [3.05, 3.63) is 23.3 Å². The number of phenolic OH excluding ortho intramolecular Hbond substituents is 1. The molecule has 33 heavy (non-hydrogen) atoms. The summed E-state index contributed by atoms with van der Waals surface area (Å²) in [5, 5.41) is 30.6. The molecule has 2 rings (SSSR count). The molecule has 8 heteroatoms. The lowest BCUT2D eigenvalue weighted by molar-refractivity contribution is -0.148. The zero-order valence-corrected chi connectivity index (χ0v) is 20.1. The van der Waals surface area contributed by atoms with E-state index in [-0.39, 0.29) is 24.2 Å². The fourth-order valence-electron chi connectivity index (χ4n) is 4.49. The SMILES string of the molecule is CCC[C@H](CO)C[C@H](O)C[C@@H](CCc1cc(CN2CCCC2=O)c(O)c(OC)c1)OC(C)=O. The number of phenols is 1. The van der Waals surface area contributed by atoms with E-state index in [0.717, 1.165) is 24.8 Å². The molecule has 3 N–H and O–H groups in total. The van der Waals surface area contributed by atoms with Crippen LogP contribution < -0.4 is 4.74 Å². The first kappa shape index (κ1) is 26.9. The van der Waals surface area contributed by atoms with Crippen molar-refractivity contribution in [2.75, 3.05) is 20.3 Å². The number of nitrogens with zero attached hydrogens (tertiary/aromatic N) is 1. The van der Waals surface area contributed by atoms with Crippen LogP contribution >= 0.6 is 0 Å². The Morgan fingerprint density at radius 2 is 2.00 bits per heavy atom. The number of aryl methyl sites for hydroxylation is 1. The normalized spacial score (nSPS) is 16.5. The Morgan fingerprint density at radius 3 is 2.58 bits per heavy atom. The minimum atomic E-state index is -0.677. The molecule has 0 aromatic heterocycles. The van der Waals surface area contributed by atoms with Crippen LogP contribution in [-0.2, 0) is 27.3 Å². The first-order valence-corrected chi connectivity index (χ1v) is 11.9. The maximum atomic E-state index is 12.0. The molecule has 8 nitrogen and oxygen atoms in total. The standard InChI is InChI=1S/C25H39NO7/c1-4-6-19(16-27)12-21(29)14-22(33-17(2)28)9-8-18-11-20(25(31)23(13-18)32-3)15-26-10-5-7-24(26)30/h11,13,19,21-22,27,29,31H,4-10,12,14-16H2,1-3H3/t19-,21-,22+/m0/s1. The van der Waals surface area contributed by atoms with Crippen molar-refractivity contribution in [2.45, 2.75) is 84.0 Å². The van der Waals surface area contributed by atoms with Crippen molar-refractivity contribution < 1.29 is 34.4 Å². The van der Waals surface area contributed by atoms with E-state index in [2.05, 4.69) is 0 Å². The molecule has 0 aliphatic carbocycles. The van der Waals surface area contributed by atoms with E-state index in [4.69, 9.17) is 9.47 Å². The van der Waals surface area contributed by atoms with Gasteiger partial charge in [0.25, 0.3) is 0 Å². The van der Waals surface area contributed by atoms with Crippen molar-refractivity contribution in [3.8, 4) is 11.5 Å². The molecule has 3 atom stereocenters. The van der Waals surface area contributed by atoms with Crippen LogP contribution in [0.3, 0.4) is 0 Å². The predicted molar refractivity (Wildman–Crippen MR) is 124 cm³/mol. The molecule has 1 aliphatic heterocycles. The Bertz CT molecular complexity index is 782. The number of carbonyl (C=O) groups is 2. The summed E-state index contributed by atoms with van der Waals surface area (Å²) in [5.74, 6) is 0.0607. The van der Waals surface area contributed by atoms with Crippen LogP contribution in [0.2, 0.25) is 0 Å². The lowest BCUT2D eigenvalue weighted by atomic mass is 9.93. The smallest absolute Gasteiger partial charge is 0.302 e. The summed E-state index contributed by atoms with van der Waals surface area (Å²) < 4.78 is 10.8. The van der Waals surface area contributed by atoms with E-state index in [0.29, 0.717) is 56.5 Å². The van der Waals surface area contributed by atoms with Crippen molar-refractivity contribution in [1.82, 2.24) is 4.90 Å². The first-order chi connectivity index (χ1) is 15.8. The highest BCUT2D eigenvalue weighted by molar-refractivity contribution is 5.78. The van der Waals surface area contributed by atoms with Gasteiger partial charge in [-0.25, -0.2) is 0 Å². The fourth-order valence-corrected chi connectivity index (χ4v) is 4.49. The topological polar surface area (TPSA) is 117 Å². The molecule has 1 heterocycles. The monoisotopic (exact) mass is 465 g/mol. The van der Waals surface area contributed by atoms with E-state index >= 15 is 0 Å². The van der Waals surface area contributed by atoms with Crippen molar-refractivity contribution in [3.63, 3.8) is 0 Å². The average molecular weight is 466 g/mol. The maximum Gasteiger partial charge on any atom is 0.302 e. The van der Waals surface area contributed by atoms with Gasteiger partial charge >= 0.3 is 5.97 Å². The summed E-state index contributed by atoms with van der Waals surface area (Å²) in [6.45, 7) is 4.40. The number of benzene rings is 1. The third-order valence-electron chi connectivity index (χ3n) is 6.15. The highest BCUT2D eigenvalue weighted by Gasteiger charge is 2.24. The van der Waals surface area contributed by atoms with Crippen LogP contribution in [0.5, 0.6) is 11.5 Å². The molecule has 0 saturated carbocycles. The zero-order chi connectivity index (χ0) is 24.4. The number of esters is 1. The number of ether oxygens (including phenoxy) is 2. The van der Waals surface area contributed by atoms with Crippen LogP contribution in [-0.4, -0.2) is 64.6 Å². The number of carbonyl (C=O) groups excluding carboxylic acids is 2. The number of rotatable bonds is 14. The van der Waals surface area contributed by atoms with Crippen LogP contribution in [0, 0.1) is 5.92 Å². The van der Waals surface area contributed by atoms with E-state index in [1.807, 2.05) is 13.0 Å². The number of hydrogen-bond acceptors (Lipinski definition) is 7. The summed E-state index contributed by atoms with van der Waals surface area (Å²) in [7, 11) is 1.48. The van der Waals surface area contributed by atoms with Crippen LogP contribution in [0.4, 0.5) is 0 Å². The fraction of sp³-hybridized carbons (Fsp3) is 0.680. The minimum absolute atomic E-state index is 0.0265. The molecule has 1 aromatic carbocycles. The molecule has 0 radical (unpaired) electrons. The van der Waals surface area contributed by atoms with Gasteiger partial charge in [0.15, 0.2) is 11.5 Å². The Labute approximate surface area is 196 Å². The molecule has 0 unspecified atom stereocenters. The van der Waals surface area contributed by atoms with Gasteiger partial charge in [-0.15, -0.1) is 0 Å². The lowest BCUT2D eigenvalue weighted by Gasteiger charge is -2.23. The maximum absolute atomic E-state index is 12.0. The summed E-state index contributed by atoms with van der Waals surface area (Å²) in [6.07, 6.45) is 3.75. The Kier molecular flexibility index (Phi) is 10.9. The molecule has 1 aliphatic rings. The van der Waals surface area contributed by atoms with E-state index < -0.39 is 18.2 Å². The number of hydrogen-bond donors (Lipinski definition) is 3. The summed E-state index contributed by atoms with van der Waals surface area (Å²) >= 11 is 0. The molecular weight excluding hydrogens is 426 g/mol. The second-order valence-corrected chi connectivity index (χ2v) is 8.96. The van der Waals surface area contributed by atoms with Gasteiger partial charge in [0, 0.05) is 45.0 Å². The zero-order valence-electron chi connectivity index (χ0n) is 20.1. The van der Waals surface area contributed by atoms with E-state index in [1.54, 1.807) is 11.0 Å². The Morgan fingerprint density at radius 1 is 1.24 bits per heavy atom. The van der Waals surface area contributed by atoms with Crippen molar-refractivity contribution in [2.24, 2.45) is 5.92 Å². The molecule has 1 saturated heterocycles. The quantitative estimate of drug-likeness (QED) is 0.362. The molecule has 186 valence electrons. The minimum Gasteiger partial charge on any atom is -0.504 e. The van der Waals surface area contributed by atoms with Crippen LogP contribution in [0.1, 0.15) is 69.9 Å². The van der Waals surface area contributed by atoms with Gasteiger partial charge in [0.05, 0.1) is 13.2 Å². The van der Waals surface area contributed by atoms with Gasteiger partial charge in [0.1, 0.15) is 6.10 Å². The predicted octanol–water partition coefficient (Wildman–Crippen LogP) is 2.94. The number of methoxy groups -OCH3 is 1. The average Bonchev–Trinajstić information content (AvgIpc) is 3.17. The summed E-state index contributed by atoms with van der Waals surface area (Å²) in [6, 6.07) is 3.60. The van der Waals surface area contributed by atoms with Crippen LogP contribution in [0.15, 0.2) is 12.1 Å². The largest absolute Gasteiger partial charge is 0.504 e. The number of aromatic hydroxyl groups is 1. The molecule has 0 bridgehead atoms. The second-order valence-electron chi connectivity index (χ2n) is 8.96. The third-order valence-corrected chi connectivity index (χ3v) is 6.15. The first-order valence-electron chi connectivity index (χ1n) is 11.9. The molecule has 1 amide bonds. The van der Waals surface area contributed by atoms with Crippen LogP contribution in [0.25, 0.3) is 0 Å². The second kappa shape index (κ2) is 13.4. The number of aliphatic hydroxyl groups excluding tert-OH is 2. The van der Waals surface area contributed by atoms with Crippen molar-refractivity contribution >= 4 is 11.9 Å². The van der Waals surface area contributed by atoms with E-state index in [1.165, 1.54) is 14.0 Å². The van der Waals surface area contributed by atoms with Gasteiger partial charge < -0.3 is 29.7 Å². The number of likely N-dealkylation sites (tertiary alicyclic amines) is 1. The molecule has 1 aromatic rings. The summed E-state index contributed by atoms with van der Waals surface area (Å²) in [4.78, 5) is 25.4. The third kappa shape index (κ3) is 8.51. The van der Waals surface area contributed by atoms with Gasteiger partial charge in [-0.2, -0.15) is 0 Å². The number of amides is 1. The lowest BCUT2D eigenvalue weighted by Crippen LogP contribution is -2.26. The van der Waals surface area contributed by atoms with Gasteiger partial charge in [-0.05, 0) is 49.7 Å². The molecular formula is C25H39NO7.